The van der Waals surface area contributed by atoms with E-state index in [1.54, 1.807) is 0 Å². The molecule has 1 aromatic heterocycles. The maximum atomic E-state index is 10.5. The van der Waals surface area contributed by atoms with Crippen molar-refractivity contribution in [3.8, 4) is 0 Å². The predicted molar refractivity (Wildman–Crippen MR) is 55.3 cm³/mol. The lowest BCUT2D eigenvalue weighted by atomic mass is 9.77. The molecule has 2 rings (SSSR count). The molecule has 78 valence electrons. The fourth-order valence-corrected chi connectivity index (χ4v) is 2.74. The number of rotatable bonds is 1. The van der Waals surface area contributed by atoms with Crippen molar-refractivity contribution in [3.05, 3.63) is 16.6 Å². The molecule has 0 amide bonds. The molecule has 3 nitrogen and oxygen atoms in total. The first-order valence-electron chi connectivity index (χ1n) is 4.70. The summed E-state index contributed by atoms with van der Waals surface area (Å²) in [6.45, 7) is 6.96. The second-order valence-electron chi connectivity index (χ2n) is 4.57. The van der Waals surface area contributed by atoms with Gasteiger partial charge >= 0.3 is 0 Å². The van der Waals surface area contributed by atoms with E-state index in [1.165, 1.54) is 11.5 Å². The zero-order valence-corrected chi connectivity index (χ0v) is 9.52. The summed E-state index contributed by atoms with van der Waals surface area (Å²) in [5.74, 6) is 0. The third kappa shape index (κ3) is 1.29. The molecular weight excluding hydrogens is 198 g/mol. The van der Waals surface area contributed by atoms with Crippen LogP contribution in [0.25, 0.3) is 0 Å². The van der Waals surface area contributed by atoms with E-state index in [-0.39, 0.29) is 5.41 Å². The smallest absolute Gasteiger partial charge is 0.131 e. The number of aromatic nitrogens is 1. The largest absolute Gasteiger partial charge is 0.381 e. The van der Waals surface area contributed by atoms with E-state index < -0.39 is 5.60 Å². The lowest BCUT2D eigenvalue weighted by Gasteiger charge is -2.32. The van der Waals surface area contributed by atoms with Crippen molar-refractivity contribution in [1.29, 1.82) is 0 Å². The van der Waals surface area contributed by atoms with Gasteiger partial charge in [0.2, 0.25) is 0 Å². The average molecular weight is 213 g/mol. The molecule has 1 unspecified atom stereocenters. The Morgan fingerprint density at radius 1 is 1.50 bits per heavy atom. The number of hydrogen-bond acceptors (Lipinski definition) is 4. The zero-order chi connectivity index (χ0) is 10.4. The summed E-state index contributed by atoms with van der Waals surface area (Å²) in [4.78, 5) is 0.914. The molecule has 1 saturated heterocycles. The molecule has 0 aromatic carbocycles. The van der Waals surface area contributed by atoms with E-state index in [4.69, 9.17) is 4.74 Å². The Balaban J connectivity index is 2.41. The maximum Gasteiger partial charge on any atom is 0.131 e. The number of aryl methyl sites for hydroxylation is 1. The lowest BCUT2D eigenvalue weighted by Crippen LogP contribution is -2.39. The van der Waals surface area contributed by atoms with Crippen molar-refractivity contribution in [2.45, 2.75) is 26.4 Å². The first-order valence-corrected chi connectivity index (χ1v) is 5.47. The molecule has 0 spiro atoms. The van der Waals surface area contributed by atoms with Gasteiger partial charge in [-0.1, -0.05) is 13.8 Å². The molecule has 2 heterocycles. The molecule has 0 radical (unpaired) electrons. The molecule has 0 bridgehead atoms. The third-order valence-corrected chi connectivity index (χ3v) is 3.96. The second-order valence-corrected chi connectivity index (χ2v) is 5.37. The van der Waals surface area contributed by atoms with Crippen molar-refractivity contribution in [3.63, 3.8) is 0 Å². The van der Waals surface area contributed by atoms with Gasteiger partial charge in [-0.05, 0) is 24.5 Å². The van der Waals surface area contributed by atoms with Crippen LogP contribution < -0.4 is 0 Å². The fraction of sp³-hybridized carbons (Fsp3) is 0.700. The molecule has 1 aliphatic heterocycles. The van der Waals surface area contributed by atoms with Gasteiger partial charge in [-0.2, -0.15) is 4.37 Å². The van der Waals surface area contributed by atoms with Crippen LogP contribution in [0.5, 0.6) is 0 Å². The van der Waals surface area contributed by atoms with Gasteiger partial charge in [0.1, 0.15) is 5.60 Å². The summed E-state index contributed by atoms with van der Waals surface area (Å²) in [5.41, 5.74) is -0.133. The highest BCUT2D eigenvalue weighted by Crippen LogP contribution is 2.46. The summed E-state index contributed by atoms with van der Waals surface area (Å²) in [6, 6.07) is 1.95. The van der Waals surface area contributed by atoms with Gasteiger partial charge in [0, 0.05) is 5.41 Å². The Morgan fingerprint density at radius 3 is 2.64 bits per heavy atom. The van der Waals surface area contributed by atoms with Gasteiger partial charge in [0.25, 0.3) is 0 Å². The van der Waals surface area contributed by atoms with Gasteiger partial charge < -0.3 is 9.84 Å². The summed E-state index contributed by atoms with van der Waals surface area (Å²) in [7, 11) is 0. The van der Waals surface area contributed by atoms with Gasteiger partial charge in [-0.25, -0.2) is 0 Å². The Hall–Kier alpha value is -0.450. The minimum absolute atomic E-state index is 0.230. The third-order valence-electron chi connectivity index (χ3n) is 2.93. The molecule has 0 aliphatic carbocycles. The number of hydrogen-bond donors (Lipinski definition) is 1. The Labute approximate surface area is 87.9 Å². The minimum atomic E-state index is -0.862. The minimum Gasteiger partial charge on any atom is -0.381 e. The molecule has 1 fully saturated rings. The van der Waals surface area contributed by atoms with E-state index in [9.17, 15) is 5.11 Å². The highest BCUT2D eigenvalue weighted by Gasteiger charge is 2.51. The molecule has 1 atom stereocenters. The average Bonchev–Trinajstić information content (AvgIpc) is 2.60. The van der Waals surface area contributed by atoms with Gasteiger partial charge in [0.15, 0.2) is 0 Å². The lowest BCUT2D eigenvalue weighted by molar-refractivity contribution is -0.0349. The summed E-state index contributed by atoms with van der Waals surface area (Å²) in [6.07, 6.45) is 0. The number of aliphatic hydroxyl groups is 1. The molecule has 1 N–H and O–H groups in total. The molecule has 14 heavy (non-hydrogen) atoms. The first kappa shape index (κ1) is 10.1. The SMILES string of the molecule is Cc1cc(C2(O)COCC2(C)C)sn1. The number of ether oxygens (including phenoxy) is 1. The molecule has 4 heteroatoms. The Morgan fingerprint density at radius 2 is 2.21 bits per heavy atom. The Bertz CT molecular complexity index is 348. The van der Waals surface area contributed by atoms with Crippen LogP contribution >= 0.6 is 11.5 Å². The predicted octanol–water partition coefficient (Wildman–Crippen LogP) is 1.70. The monoisotopic (exact) mass is 213 g/mol. The van der Waals surface area contributed by atoms with E-state index in [2.05, 4.69) is 4.37 Å². The summed E-state index contributed by atoms with van der Waals surface area (Å²) < 4.78 is 9.57. The van der Waals surface area contributed by atoms with Gasteiger partial charge in [0.05, 0.1) is 23.8 Å². The van der Waals surface area contributed by atoms with Crippen molar-refractivity contribution in [2.24, 2.45) is 5.41 Å². The van der Waals surface area contributed by atoms with Crippen molar-refractivity contribution in [2.75, 3.05) is 13.2 Å². The highest BCUT2D eigenvalue weighted by atomic mass is 32.1. The fourth-order valence-electron chi connectivity index (χ4n) is 1.73. The molecule has 1 aromatic rings. The van der Waals surface area contributed by atoms with E-state index in [0.717, 1.165) is 10.6 Å². The first-order chi connectivity index (χ1) is 6.46. The van der Waals surface area contributed by atoms with E-state index in [0.29, 0.717) is 13.2 Å². The second kappa shape index (κ2) is 3.02. The van der Waals surface area contributed by atoms with Crippen LogP contribution in [0.4, 0.5) is 0 Å². The van der Waals surface area contributed by atoms with Crippen LogP contribution in [-0.4, -0.2) is 22.7 Å². The Kier molecular flexibility index (Phi) is 2.17. The van der Waals surface area contributed by atoms with Crippen LogP contribution in [0, 0.1) is 12.3 Å². The molecule has 0 saturated carbocycles. The van der Waals surface area contributed by atoms with Crippen LogP contribution in [0.3, 0.4) is 0 Å². The maximum absolute atomic E-state index is 10.5. The normalized spacial score (nSPS) is 30.9. The van der Waals surface area contributed by atoms with Crippen LogP contribution in [-0.2, 0) is 10.3 Å². The summed E-state index contributed by atoms with van der Waals surface area (Å²) in [5, 5.41) is 10.5. The van der Waals surface area contributed by atoms with Crippen molar-refractivity contribution in [1.82, 2.24) is 4.37 Å². The standard InChI is InChI=1S/C10H15NO2S/c1-7-4-8(14-11-7)10(12)6-13-5-9(10,2)3/h4,12H,5-6H2,1-3H3. The summed E-state index contributed by atoms with van der Waals surface area (Å²) >= 11 is 1.37. The van der Waals surface area contributed by atoms with E-state index in [1.807, 2.05) is 26.8 Å². The van der Waals surface area contributed by atoms with Crippen LogP contribution in [0.2, 0.25) is 0 Å². The topological polar surface area (TPSA) is 42.4 Å². The van der Waals surface area contributed by atoms with Gasteiger partial charge in [-0.15, -0.1) is 0 Å². The van der Waals surface area contributed by atoms with Crippen LogP contribution in [0.1, 0.15) is 24.4 Å². The van der Waals surface area contributed by atoms with Crippen molar-refractivity contribution >= 4 is 11.5 Å². The molecular formula is C10H15NO2S. The van der Waals surface area contributed by atoms with Crippen LogP contribution in [0.15, 0.2) is 6.07 Å². The van der Waals surface area contributed by atoms with Gasteiger partial charge in [-0.3, -0.25) is 0 Å². The molecule has 1 aliphatic rings. The quantitative estimate of drug-likeness (QED) is 0.772. The van der Waals surface area contributed by atoms with E-state index >= 15 is 0 Å². The van der Waals surface area contributed by atoms with Crippen molar-refractivity contribution < 1.29 is 9.84 Å². The zero-order valence-electron chi connectivity index (χ0n) is 8.70. The highest BCUT2D eigenvalue weighted by molar-refractivity contribution is 7.06. The number of nitrogens with zero attached hydrogens (tertiary/aromatic N) is 1.